The van der Waals surface area contributed by atoms with Gasteiger partial charge in [0.05, 0.1) is 20.3 Å². The van der Waals surface area contributed by atoms with Crippen LogP contribution in [0.2, 0.25) is 0 Å². The molecule has 55 heavy (non-hydrogen) atoms. The largest absolute Gasteiger partial charge is 0.504 e. The molecule has 0 fully saturated rings. The molecule has 3 N–H and O–H groups in total. The molecule has 0 atom stereocenters. The third kappa shape index (κ3) is 25.7. The molecule has 8 nitrogen and oxygen atoms in total. The smallest absolute Gasteiger partial charge is 0.330 e. The number of rotatable bonds is 34. The lowest BCUT2D eigenvalue weighted by molar-refractivity contribution is -0.138. The molecule has 2 aromatic carbocycles. The Morgan fingerprint density at radius 2 is 0.745 bits per heavy atom. The van der Waals surface area contributed by atoms with Gasteiger partial charge in [-0.1, -0.05) is 166 Å². The first-order chi connectivity index (χ1) is 26.9. The Morgan fingerprint density at radius 3 is 1.07 bits per heavy atom. The molecule has 2 aromatic rings. The lowest BCUT2D eigenvalue weighted by Gasteiger charge is -2.05. The van der Waals surface area contributed by atoms with Gasteiger partial charge in [0, 0.05) is 12.2 Å². The average Bonchev–Trinajstić information content (AvgIpc) is 3.18. The molecule has 0 spiro atoms. The van der Waals surface area contributed by atoms with Gasteiger partial charge in [-0.25, -0.2) is 9.59 Å². The van der Waals surface area contributed by atoms with Crippen LogP contribution in [0, 0.1) is 0 Å². The first kappa shape index (κ1) is 47.2. The summed E-state index contributed by atoms with van der Waals surface area (Å²) in [6.07, 6.45) is 39.5. The van der Waals surface area contributed by atoms with Gasteiger partial charge in [-0.05, 0) is 60.4 Å². The summed E-state index contributed by atoms with van der Waals surface area (Å²) in [4.78, 5) is 23.8. The van der Waals surface area contributed by atoms with Gasteiger partial charge in [-0.15, -0.1) is 0 Å². The number of esters is 2. The molecule has 0 bridgehead atoms. The molecule has 2 rings (SSSR count). The van der Waals surface area contributed by atoms with Crippen LogP contribution in [0.1, 0.15) is 178 Å². The van der Waals surface area contributed by atoms with Gasteiger partial charge in [0.1, 0.15) is 0 Å². The number of phenols is 3. The number of aromatic hydroxyl groups is 3. The van der Waals surface area contributed by atoms with E-state index in [4.69, 9.17) is 14.2 Å². The summed E-state index contributed by atoms with van der Waals surface area (Å²) >= 11 is 0. The molecule has 8 heteroatoms. The minimum atomic E-state index is -0.390. The number of phenolic OH excluding ortho intramolecular Hbond substituents is 3. The normalized spacial score (nSPS) is 11.4. The van der Waals surface area contributed by atoms with Gasteiger partial charge in [0.2, 0.25) is 0 Å². The fraction of sp³-hybridized carbons (Fsp3) is 0.617. The summed E-state index contributed by atoms with van der Waals surface area (Å²) in [5.41, 5.74) is 1.39. The lowest BCUT2D eigenvalue weighted by Crippen LogP contribution is -2.02. The van der Waals surface area contributed by atoms with Crippen LogP contribution in [0.5, 0.6) is 23.0 Å². The number of carbonyl (C=O) groups excluding carboxylic acids is 2. The molecule has 0 unspecified atom stereocenters. The van der Waals surface area contributed by atoms with E-state index in [0.717, 1.165) is 31.2 Å². The Hall–Kier alpha value is -3.94. The van der Waals surface area contributed by atoms with E-state index in [0.29, 0.717) is 24.5 Å². The molecule has 0 saturated carbocycles. The molecule has 308 valence electrons. The van der Waals surface area contributed by atoms with Crippen molar-refractivity contribution in [1.29, 1.82) is 0 Å². The standard InChI is InChI=1S/C47H72O8/c1-53-45-39-41(29-33-43(45)49)31-35-47(52)55-37-27-25-23-21-19-17-15-13-11-9-7-5-3-2-4-6-8-10-12-14-16-18-20-22-24-26-36-54-46(51)34-30-40-28-32-42(48)44(50)38-40/h28-35,38-39,48-50H,2-27,36-37H2,1H3. The van der Waals surface area contributed by atoms with E-state index in [1.54, 1.807) is 36.4 Å². The Morgan fingerprint density at radius 1 is 0.436 bits per heavy atom. The van der Waals surface area contributed by atoms with Gasteiger partial charge in [-0.2, -0.15) is 0 Å². The van der Waals surface area contributed by atoms with Crippen LogP contribution in [0.4, 0.5) is 0 Å². The highest BCUT2D eigenvalue weighted by molar-refractivity contribution is 5.87. The van der Waals surface area contributed by atoms with E-state index in [9.17, 15) is 24.9 Å². The van der Waals surface area contributed by atoms with Gasteiger partial charge in [0.15, 0.2) is 23.0 Å². The van der Waals surface area contributed by atoms with Crippen LogP contribution in [-0.2, 0) is 19.1 Å². The maximum absolute atomic E-state index is 11.9. The highest BCUT2D eigenvalue weighted by Crippen LogP contribution is 2.27. The topological polar surface area (TPSA) is 123 Å². The maximum Gasteiger partial charge on any atom is 0.330 e. The molecule has 0 aliphatic rings. The number of hydrogen-bond donors (Lipinski definition) is 3. The van der Waals surface area contributed by atoms with Crippen molar-refractivity contribution in [3.05, 3.63) is 59.7 Å². The third-order valence-electron chi connectivity index (χ3n) is 10.1. The van der Waals surface area contributed by atoms with Crippen LogP contribution in [0.15, 0.2) is 48.6 Å². The summed E-state index contributed by atoms with van der Waals surface area (Å²) in [6.45, 7) is 0.889. The molecule has 0 radical (unpaired) electrons. The van der Waals surface area contributed by atoms with Crippen molar-refractivity contribution in [2.24, 2.45) is 0 Å². The second kappa shape index (κ2) is 32.3. The molecule has 0 aliphatic carbocycles. The van der Waals surface area contributed by atoms with Gasteiger partial charge in [-0.3, -0.25) is 0 Å². The van der Waals surface area contributed by atoms with Crippen molar-refractivity contribution in [2.75, 3.05) is 20.3 Å². The predicted molar refractivity (Wildman–Crippen MR) is 224 cm³/mol. The minimum absolute atomic E-state index is 0.0716. The van der Waals surface area contributed by atoms with Crippen LogP contribution in [0.3, 0.4) is 0 Å². The number of methoxy groups -OCH3 is 1. The summed E-state index contributed by atoms with van der Waals surface area (Å²) in [6, 6.07) is 9.33. The lowest BCUT2D eigenvalue weighted by atomic mass is 10.0. The fourth-order valence-electron chi connectivity index (χ4n) is 6.66. The third-order valence-corrected chi connectivity index (χ3v) is 10.1. The van der Waals surface area contributed by atoms with E-state index >= 15 is 0 Å². The number of ether oxygens (including phenoxy) is 3. The zero-order valence-electron chi connectivity index (χ0n) is 34.0. The number of unbranched alkanes of at least 4 members (excludes halogenated alkanes) is 25. The molecule has 0 heterocycles. The highest BCUT2D eigenvalue weighted by Gasteiger charge is 2.04. The number of hydrogen-bond acceptors (Lipinski definition) is 8. The summed E-state index contributed by atoms with van der Waals surface area (Å²) < 4.78 is 15.6. The zero-order chi connectivity index (χ0) is 39.6. The molecular weight excluding hydrogens is 693 g/mol. The summed E-state index contributed by atoms with van der Waals surface area (Å²) in [7, 11) is 1.49. The number of benzene rings is 2. The van der Waals surface area contributed by atoms with E-state index in [1.807, 2.05) is 0 Å². The van der Waals surface area contributed by atoms with Crippen LogP contribution < -0.4 is 4.74 Å². The van der Waals surface area contributed by atoms with E-state index < -0.39 is 0 Å². The molecule has 0 amide bonds. The van der Waals surface area contributed by atoms with Crippen molar-refractivity contribution < 1.29 is 39.1 Å². The Labute approximate surface area is 332 Å². The fourth-order valence-corrected chi connectivity index (χ4v) is 6.66. The van der Waals surface area contributed by atoms with Gasteiger partial charge < -0.3 is 29.5 Å². The SMILES string of the molecule is COc1cc(C=CC(=O)OCCCCCCCCCCCCCCCCCCCCCCCCCCCCOC(=O)C=Cc2ccc(O)c(O)c2)ccc1O. The molecular formula is C47H72O8. The maximum atomic E-state index is 11.9. The number of carbonyl (C=O) groups is 2. The Bertz CT molecular complexity index is 1350. The van der Waals surface area contributed by atoms with E-state index in [2.05, 4.69) is 0 Å². The highest BCUT2D eigenvalue weighted by atomic mass is 16.5. The van der Waals surface area contributed by atoms with Crippen LogP contribution >= 0.6 is 0 Å². The predicted octanol–water partition coefficient (Wildman–Crippen LogP) is 12.8. The average molecular weight is 765 g/mol. The van der Waals surface area contributed by atoms with Gasteiger partial charge in [0.25, 0.3) is 0 Å². The van der Waals surface area contributed by atoms with Gasteiger partial charge >= 0.3 is 11.9 Å². The Balaban J connectivity index is 1.21. The van der Waals surface area contributed by atoms with Crippen LogP contribution in [0.25, 0.3) is 12.2 Å². The van der Waals surface area contributed by atoms with Crippen molar-refractivity contribution in [1.82, 2.24) is 0 Å². The van der Waals surface area contributed by atoms with Crippen LogP contribution in [-0.4, -0.2) is 47.6 Å². The molecule has 0 aliphatic heterocycles. The molecule has 0 saturated heterocycles. The molecule has 0 aromatic heterocycles. The monoisotopic (exact) mass is 765 g/mol. The Kier molecular flexibility index (Phi) is 27.7. The minimum Gasteiger partial charge on any atom is -0.504 e. The first-order valence-electron chi connectivity index (χ1n) is 21.5. The second-order valence-electron chi connectivity index (χ2n) is 14.9. The van der Waals surface area contributed by atoms with E-state index in [-0.39, 0.29) is 29.2 Å². The van der Waals surface area contributed by atoms with Crippen molar-refractivity contribution in [2.45, 2.75) is 167 Å². The van der Waals surface area contributed by atoms with E-state index in [1.165, 1.54) is 173 Å². The van der Waals surface area contributed by atoms with Crippen molar-refractivity contribution >= 4 is 24.1 Å². The first-order valence-corrected chi connectivity index (χ1v) is 21.5. The zero-order valence-corrected chi connectivity index (χ0v) is 34.0. The second-order valence-corrected chi connectivity index (χ2v) is 14.9. The van der Waals surface area contributed by atoms with Crippen molar-refractivity contribution in [3.63, 3.8) is 0 Å². The summed E-state index contributed by atoms with van der Waals surface area (Å²) in [5.74, 6) is -0.684. The quantitative estimate of drug-likeness (QED) is 0.0279. The van der Waals surface area contributed by atoms with Crippen molar-refractivity contribution in [3.8, 4) is 23.0 Å². The summed E-state index contributed by atoms with van der Waals surface area (Å²) in [5, 5.41) is 28.5.